The molecular weight excluding hydrogens is 242 g/mol. The van der Waals surface area contributed by atoms with Crippen molar-refractivity contribution in [1.82, 2.24) is 4.72 Å². The quantitative estimate of drug-likeness (QED) is 0.867. The minimum atomic E-state index is -3.81. The molecule has 0 aliphatic rings. The van der Waals surface area contributed by atoms with E-state index in [1.165, 1.54) is 26.2 Å². The Morgan fingerprint density at radius 1 is 1.29 bits per heavy atom. The number of carbonyl (C=O) groups is 1. The minimum absolute atomic E-state index is 0.0553. The number of methoxy groups -OCH3 is 1. The summed E-state index contributed by atoms with van der Waals surface area (Å²) in [6, 6.07) is 6.22. The number of hydrogen-bond donors (Lipinski definition) is 1. The van der Waals surface area contributed by atoms with Gasteiger partial charge in [-0.2, -0.15) is 0 Å². The highest BCUT2D eigenvalue weighted by molar-refractivity contribution is 7.90. The molecule has 17 heavy (non-hydrogen) atoms. The maximum absolute atomic E-state index is 11.8. The van der Waals surface area contributed by atoms with Crippen LogP contribution in [0.25, 0.3) is 0 Å². The number of rotatable bonds is 4. The van der Waals surface area contributed by atoms with E-state index in [9.17, 15) is 13.2 Å². The van der Waals surface area contributed by atoms with Crippen molar-refractivity contribution in [3.8, 4) is 0 Å². The summed E-state index contributed by atoms with van der Waals surface area (Å²) in [5.41, 5.74) is 0.945. The number of carbonyl (C=O) groups excluding carboxylic acids is 1. The van der Waals surface area contributed by atoms with Gasteiger partial charge in [-0.3, -0.25) is 4.79 Å². The number of amides is 1. The van der Waals surface area contributed by atoms with Gasteiger partial charge in [0.2, 0.25) is 0 Å². The van der Waals surface area contributed by atoms with Gasteiger partial charge in [-0.25, -0.2) is 13.1 Å². The van der Waals surface area contributed by atoms with Crippen LogP contribution in [0, 0.1) is 6.92 Å². The molecule has 0 fully saturated rings. The van der Waals surface area contributed by atoms with Crippen molar-refractivity contribution in [3.63, 3.8) is 0 Å². The van der Waals surface area contributed by atoms with Gasteiger partial charge in [0, 0.05) is 7.11 Å². The molecule has 0 heterocycles. The lowest BCUT2D eigenvalue weighted by Gasteiger charge is -2.11. The van der Waals surface area contributed by atoms with Gasteiger partial charge in [0.25, 0.3) is 15.9 Å². The average Bonchev–Trinajstić information content (AvgIpc) is 2.27. The maximum Gasteiger partial charge on any atom is 0.264 e. The van der Waals surface area contributed by atoms with Crippen LogP contribution >= 0.6 is 0 Å². The zero-order valence-corrected chi connectivity index (χ0v) is 10.7. The Morgan fingerprint density at radius 2 is 1.82 bits per heavy atom. The Morgan fingerprint density at radius 3 is 2.29 bits per heavy atom. The third-order valence-electron chi connectivity index (χ3n) is 2.29. The van der Waals surface area contributed by atoms with E-state index >= 15 is 0 Å². The Bertz CT molecular complexity index is 493. The van der Waals surface area contributed by atoms with Crippen LogP contribution < -0.4 is 4.72 Å². The Hall–Kier alpha value is -1.40. The minimum Gasteiger partial charge on any atom is -0.372 e. The van der Waals surface area contributed by atoms with Crippen molar-refractivity contribution in [2.24, 2.45) is 0 Å². The predicted octanol–water partition coefficient (Wildman–Crippen LogP) is 0.835. The van der Waals surface area contributed by atoms with E-state index in [4.69, 9.17) is 4.74 Å². The molecule has 0 aliphatic carbocycles. The molecule has 0 bridgehead atoms. The van der Waals surface area contributed by atoms with Gasteiger partial charge in [-0.15, -0.1) is 0 Å². The van der Waals surface area contributed by atoms with Crippen LogP contribution in [0.4, 0.5) is 0 Å². The second kappa shape index (κ2) is 5.29. The zero-order chi connectivity index (χ0) is 13.1. The summed E-state index contributed by atoms with van der Waals surface area (Å²) in [4.78, 5) is 11.5. The predicted molar refractivity (Wildman–Crippen MR) is 63.0 cm³/mol. The number of benzene rings is 1. The van der Waals surface area contributed by atoms with Crippen molar-refractivity contribution < 1.29 is 17.9 Å². The smallest absolute Gasteiger partial charge is 0.264 e. The van der Waals surface area contributed by atoms with Crippen molar-refractivity contribution in [2.75, 3.05) is 7.11 Å². The lowest BCUT2D eigenvalue weighted by atomic mass is 10.2. The first-order chi connectivity index (χ1) is 7.86. The van der Waals surface area contributed by atoms with Gasteiger partial charge in [0.15, 0.2) is 0 Å². The largest absolute Gasteiger partial charge is 0.372 e. The molecule has 1 N–H and O–H groups in total. The second-order valence-electron chi connectivity index (χ2n) is 3.66. The third-order valence-corrected chi connectivity index (χ3v) is 3.65. The molecule has 1 aromatic rings. The zero-order valence-electron chi connectivity index (χ0n) is 9.93. The molecule has 1 atom stereocenters. The van der Waals surface area contributed by atoms with Crippen LogP contribution in [0.2, 0.25) is 0 Å². The van der Waals surface area contributed by atoms with Crippen LogP contribution in [0.15, 0.2) is 29.2 Å². The van der Waals surface area contributed by atoms with E-state index in [0.717, 1.165) is 5.56 Å². The van der Waals surface area contributed by atoms with E-state index in [2.05, 4.69) is 0 Å². The topological polar surface area (TPSA) is 72.5 Å². The number of hydrogen-bond acceptors (Lipinski definition) is 4. The highest BCUT2D eigenvalue weighted by Crippen LogP contribution is 2.10. The first-order valence-electron chi connectivity index (χ1n) is 5.03. The summed E-state index contributed by atoms with van der Waals surface area (Å²) >= 11 is 0. The van der Waals surface area contributed by atoms with Crippen LogP contribution in [-0.4, -0.2) is 27.5 Å². The van der Waals surface area contributed by atoms with Gasteiger partial charge >= 0.3 is 0 Å². The van der Waals surface area contributed by atoms with Gasteiger partial charge in [-0.05, 0) is 26.0 Å². The van der Waals surface area contributed by atoms with Crippen molar-refractivity contribution in [3.05, 3.63) is 29.8 Å². The fraction of sp³-hybridized carbons (Fsp3) is 0.364. The molecular formula is C11H15NO4S. The van der Waals surface area contributed by atoms with Crippen molar-refractivity contribution >= 4 is 15.9 Å². The summed E-state index contributed by atoms with van der Waals surface area (Å²) in [5, 5.41) is 0. The Balaban J connectivity index is 2.89. The number of nitrogens with one attached hydrogen (secondary N) is 1. The molecule has 6 heteroatoms. The average molecular weight is 257 g/mol. The highest BCUT2D eigenvalue weighted by Gasteiger charge is 2.21. The molecule has 0 saturated carbocycles. The van der Waals surface area contributed by atoms with E-state index in [1.807, 2.05) is 11.6 Å². The molecule has 5 nitrogen and oxygen atoms in total. The lowest BCUT2D eigenvalue weighted by Crippen LogP contribution is -2.38. The van der Waals surface area contributed by atoms with E-state index < -0.39 is 22.0 Å². The van der Waals surface area contributed by atoms with Crippen molar-refractivity contribution in [1.29, 1.82) is 0 Å². The molecule has 0 aliphatic heterocycles. The first-order valence-corrected chi connectivity index (χ1v) is 6.51. The first kappa shape index (κ1) is 13.7. The summed E-state index contributed by atoms with van der Waals surface area (Å²) in [7, 11) is -2.47. The van der Waals surface area contributed by atoms with Crippen LogP contribution in [0.5, 0.6) is 0 Å². The maximum atomic E-state index is 11.8. The van der Waals surface area contributed by atoms with Gasteiger partial charge < -0.3 is 4.74 Å². The SMILES string of the molecule is COC(C)C(=O)NS(=O)(=O)c1ccc(C)cc1. The van der Waals surface area contributed by atoms with Gasteiger partial charge in [0.05, 0.1) is 4.90 Å². The van der Waals surface area contributed by atoms with Crippen LogP contribution in [-0.2, 0) is 19.6 Å². The van der Waals surface area contributed by atoms with Crippen LogP contribution in [0.1, 0.15) is 12.5 Å². The molecule has 94 valence electrons. The van der Waals surface area contributed by atoms with E-state index in [-0.39, 0.29) is 4.90 Å². The van der Waals surface area contributed by atoms with Gasteiger partial charge in [-0.1, -0.05) is 17.7 Å². The summed E-state index contributed by atoms with van der Waals surface area (Å²) in [5.74, 6) is -0.687. The molecule has 0 aromatic heterocycles. The van der Waals surface area contributed by atoms with Crippen molar-refractivity contribution in [2.45, 2.75) is 24.8 Å². The van der Waals surface area contributed by atoms with Crippen LogP contribution in [0.3, 0.4) is 0 Å². The lowest BCUT2D eigenvalue weighted by molar-refractivity contribution is -0.128. The number of sulfonamides is 1. The summed E-state index contributed by atoms with van der Waals surface area (Å²) < 4.78 is 30.3. The molecule has 0 saturated heterocycles. The third kappa shape index (κ3) is 3.54. The molecule has 1 unspecified atom stereocenters. The Labute approximate surface area is 101 Å². The van der Waals surface area contributed by atoms with E-state index in [0.29, 0.717) is 0 Å². The molecule has 1 rings (SSSR count). The second-order valence-corrected chi connectivity index (χ2v) is 5.34. The molecule has 1 aromatic carbocycles. The fourth-order valence-corrected chi connectivity index (χ4v) is 2.14. The highest BCUT2D eigenvalue weighted by atomic mass is 32.2. The Kier molecular flexibility index (Phi) is 4.25. The summed E-state index contributed by atoms with van der Waals surface area (Å²) in [6.07, 6.45) is -0.810. The molecule has 1 amide bonds. The standard InChI is InChI=1S/C11H15NO4S/c1-8-4-6-10(7-5-8)17(14,15)12-11(13)9(2)16-3/h4-7,9H,1-3H3,(H,12,13). The molecule has 0 radical (unpaired) electrons. The number of aryl methyl sites for hydroxylation is 1. The monoisotopic (exact) mass is 257 g/mol. The normalized spacial score (nSPS) is 13.1. The van der Waals surface area contributed by atoms with Gasteiger partial charge in [0.1, 0.15) is 6.10 Å². The molecule has 0 spiro atoms. The fourth-order valence-electron chi connectivity index (χ4n) is 1.10. The van der Waals surface area contributed by atoms with E-state index in [1.54, 1.807) is 12.1 Å². The number of ether oxygens (including phenoxy) is 1. The summed E-state index contributed by atoms with van der Waals surface area (Å²) in [6.45, 7) is 3.32.